The molecule has 0 aromatic carbocycles. The van der Waals surface area contributed by atoms with E-state index in [1.807, 2.05) is 0 Å². The zero-order valence-electron chi connectivity index (χ0n) is 8.71. The Morgan fingerprint density at radius 2 is 1.77 bits per heavy atom. The number of unbranched alkanes of at least 4 members (excludes halogenated alkanes) is 2. The lowest BCUT2D eigenvalue weighted by Gasteiger charge is -2.17. The lowest BCUT2D eigenvalue weighted by Crippen LogP contribution is -2.04. The molecule has 0 fully saturated rings. The van der Waals surface area contributed by atoms with Crippen LogP contribution in [0.4, 0.5) is 0 Å². The summed E-state index contributed by atoms with van der Waals surface area (Å²) in [5.74, 6) is 0. The molecule has 80 valence electrons. The molecular formula is C9H20O4. The van der Waals surface area contributed by atoms with E-state index in [1.54, 1.807) is 0 Å². The minimum absolute atomic E-state index is 0.408. The first-order valence-electron chi connectivity index (χ1n) is 4.66. The topological polar surface area (TPSA) is 47.9 Å². The molecule has 0 heterocycles. The van der Waals surface area contributed by atoms with Crippen molar-refractivity contribution in [2.75, 3.05) is 6.61 Å². The van der Waals surface area contributed by atoms with Crippen molar-refractivity contribution >= 4 is 0 Å². The van der Waals surface area contributed by atoms with E-state index in [0.29, 0.717) is 12.0 Å². The second-order valence-corrected chi connectivity index (χ2v) is 4.34. The van der Waals surface area contributed by atoms with Crippen molar-refractivity contribution in [3.8, 4) is 0 Å². The standard InChI is InChI=1S/C9H20O4/c1-9(2,3)7-5-4-6-8-11-13-12-10/h10H,4-8H2,1-3H3. The predicted octanol–water partition coefficient (Wildman–Crippen LogP) is 2.95. The van der Waals surface area contributed by atoms with Crippen molar-refractivity contribution in [3.05, 3.63) is 0 Å². The summed E-state index contributed by atoms with van der Waals surface area (Å²) in [6.07, 6.45) is 4.42. The zero-order valence-corrected chi connectivity index (χ0v) is 8.71. The number of hydrogen-bond acceptors (Lipinski definition) is 4. The lowest BCUT2D eigenvalue weighted by atomic mass is 9.89. The van der Waals surface area contributed by atoms with E-state index in [0.717, 1.165) is 12.8 Å². The molecule has 0 spiro atoms. The van der Waals surface area contributed by atoms with Crippen LogP contribution in [0.5, 0.6) is 0 Å². The van der Waals surface area contributed by atoms with Crippen molar-refractivity contribution in [1.29, 1.82) is 0 Å². The molecule has 0 aliphatic heterocycles. The van der Waals surface area contributed by atoms with Gasteiger partial charge in [0.2, 0.25) is 0 Å². The maximum atomic E-state index is 7.73. The van der Waals surface area contributed by atoms with Crippen LogP contribution in [0.3, 0.4) is 0 Å². The van der Waals surface area contributed by atoms with Gasteiger partial charge in [-0.25, -0.2) is 10.1 Å². The predicted molar refractivity (Wildman–Crippen MR) is 48.7 cm³/mol. The summed E-state index contributed by atoms with van der Waals surface area (Å²) in [6, 6.07) is 0. The molecule has 0 radical (unpaired) electrons. The maximum absolute atomic E-state index is 7.73. The summed E-state index contributed by atoms with van der Waals surface area (Å²) in [5, 5.41) is 14.8. The van der Waals surface area contributed by atoms with Crippen molar-refractivity contribution in [3.63, 3.8) is 0 Å². The van der Waals surface area contributed by atoms with Gasteiger partial charge in [0, 0.05) is 0 Å². The molecule has 0 saturated heterocycles. The molecule has 1 N–H and O–H groups in total. The van der Waals surface area contributed by atoms with E-state index in [9.17, 15) is 0 Å². The first kappa shape index (κ1) is 12.8. The van der Waals surface area contributed by atoms with Crippen LogP contribution in [0.1, 0.15) is 46.5 Å². The molecule has 0 aromatic heterocycles. The largest absolute Gasteiger partial charge is 0.219 e. The molecule has 0 unspecified atom stereocenters. The van der Waals surface area contributed by atoms with Gasteiger partial charge >= 0.3 is 0 Å². The summed E-state index contributed by atoms with van der Waals surface area (Å²) in [5.41, 5.74) is 0.408. The van der Waals surface area contributed by atoms with E-state index in [4.69, 9.17) is 5.26 Å². The molecule has 0 rings (SSSR count). The fourth-order valence-corrected chi connectivity index (χ4v) is 1.05. The molecule has 0 saturated carbocycles. The van der Waals surface area contributed by atoms with Crippen LogP contribution in [0.25, 0.3) is 0 Å². The van der Waals surface area contributed by atoms with Crippen LogP contribution in [-0.4, -0.2) is 11.9 Å². The zero-order chi connectivity index (χ0) is 10.2. The Hall–Kier alpha value is -0.160. The molecule has 0 aliphatic rings. The van der Waals surface area contributed by atoms with Gasteiger partial charge < -0.3 is 0 Å². The van der Waals surface area contributed by atoms with Gasteiger partial charge in [0.15, 0.2) is 0 Å². The summed E-state index contributed by atoms with van der Waals surface area (Å²) in [6.45, 7) is 7.13. The van der Waals surface area contributed by atoms with Crippen molar-refractivity contribution < 1.29 is 20.2 Å². The minimum atomic E-state index is 0.408. The summed E-state index contributed by atoms with van der Waals surface area (Å²) in [4.78, 5) is 4.44. The minimum Gasteiger partial charge on any atom is -0.219 e. The first-order valence-corrected chi connectivity index (χ1v) is 4.66. The maximum Gasteiger partial charge on any atom is 0.0854 e. The first-order chi connectivity index (χ1) is 6.06. The SMILES string of the molecule is CC(C)(C)CCCCCOOOO. The fourth-order valence-electron chi connectivity index (χ4n) is 1.05. The molecule has 0 amide bonds. The van der Waals surface area contributed by atoms with E-state index in [2.05, 4.69) is 35.7 Å². The molecule has 0 aliphatic carbocycles. The van der Waals surface area contributed by atoms with Crippen LogP contribution in [-0.2, 0) is 15.0 Å². The van der Waals surface area contributed by atoms with Gasteiger partial charge in [0.05, 0.1) is 6.61 Å². The van der Waals surface area contributed by atoms with Crippen molar-refractivity contribution in [2.45, 2.75) is 46.5 Å². The van der Waals surface area contributed by atoms with Gasteiger partial charge in [0.25, 0.3) is 0 Å². The Bertz CT molecular complexity index is 109. The van der Waals surface area contributed by atoms with Crippen LogP contribution in [0, 0.1) is 5.41 Å². The van der Waals surface area contributed by atoms with Gasteiger partial charge in [-0.3, -0.25) is 0 Å². The van der Waals surface area contributed by atoms with Crippen LogP contribution in [0.2, 0.25) is 0 Å². The Kier molecular flexibility index (Phi) is 7.17. The monoisotopic (exact) mass is 192 g/mol. The smallest absolute Gasteiger partial charge is 0.0854 e. The van der Waals surface area contributed by atoms with Crippen LogP contribution in [0.15, 0.2) is 0 Å². The molecule has 4 heteroatoms. The summed E-state index contributed by atoms with van der Waals surface area (Å²) in [7, 11) is 0. The highest BCUT2D eigenvalue weighted by Crippen LogP contribution is 2.21. The van der Waals surface area contributed by atoms with E-state index in [-0.39, 0.29) is 0 Å². The highest BCUT2D eigenvalue weighted by Gasteiger charge is 2.08. The third-order valence-corrected chi connectivity index (χ3v) is 1.73. The molecule has 0 atom stereocenters. The molecular weight excluding hydrogens is 172 g/mol. The quantitative estimate of drug-likeness (QED) is 0.382. The summed E-state index contributed by atoms with van der Waals surface area (Å²) >= 11 is 0. The lowest BCUT2D eigenvalue weighted by molar-refractivity contribution is -0.623. The third-order valence-electron chi connectivity index (χ3n) is 1.73. The molecule has 4 nitrogen and oxygen atoms in total. The number of hydrogen-bond donors (Lipinski definition) is 1. The van der Waals surface area contributed by atoms with Gasteiger partial charge in [0.1, 0.15) is 0 Å². The average molecular weight is 192 g/mol. The van der Waals surface area contributed by atoms with Gasteiger partial charge in [-0.05, 0) is 28.3 Å². The van der Waals surface area contributed by atoms with Gasteiger partial charge in [-0.2, -0.15) is 0 Å². The highest BCUT2D eigenvalue weighted by atomic mass is 17.6. The highest BCUT2D eigenvalue weighted by molar-refractivity contribution is 4.60. The summed E-state index contributed by atoms with van der Waals surface area (Å²) < 4.78 is 0. The molecule has 0 bridgehead atoms. The normalized spacial score (nSPS) is 12.0. The van der Waals surface area contributed by atoms with E-state index < -0.39 is 0 Å². The van der Waals surface area contributed by atoms with Crippen molar-refractivity contribution in [2.24, 2.45) is 5.41 Å². The fraction of sp³-hybridized carbons (Fsp3) is 1.00. The Morgan fingerprint density at radius 1 is 1.08 bits per heavy atom. The van der Waals surface area contributed by atoms with Crippen LogP contribution >= 0.6 is 0 Å². The van der Waals surface area contributed by atoms with Gasteiger partial charge in [-0.15, -0.1) is 0 Å². The Labute approximate surface area is 79.6 Å². The van der Waals surface area contributed by atoms with E-state index >= 15 is 0 Å². The Balaban J connectivity index is 3.00. The second kappa shape index (κ2) is 7.26. The van der Waals surface area contributed by atoms with Gasteiger partial charge in [-0.1, -0.05) is 33.6 Å². The second-order valence-electron chi connectivity index (χ2n) is 4.34. The molecule has 0 aromatic rings. The van der Waals surface area contributed by atoms with Crippen LogP contribution < -0.4 is 0 Å². The van der Waals surface area contributed by atoms with Crippen molar-refractivity contribution in [1.82, 2.24) is 0 Å². The van der Waals surface area contributed by atoms with E-state index in [1.165, 1.54) is 12.8 Å². The average Bonchev–Trinajstić information content (AvgIpc) is 2.01. The Morgan fingerprint density at radius 3 is 2.31 bits per heavy atom. The number of rotatable bonds is 7. The molecule has 13 heavy (non-hydrogen) atoms. The third kappa shape index (κ3) is 11.8.